The van der Waals surface area contributed by atoms with Crippen molar-refractivity contribution < 1.29 is 14.3 Å². The summed E-state index contributed by atoms with van der Waals surface area (Å²) in [5.41, 5.74) is 0.965. The van der Waals surface area contributed by atoms with Crippen LogP contribution < -0.4 is 25.4 Å². The SMILES string of the molecule is CCNC(=NCc1ccc(OC)cc1OC)NCCNC(C)=O.I. The van der Waals surface area contributed by atoms with Gasteiger partial charge in [-0.15, -0.1) is 24.0 Å². The minimum atomic E-state index is -0.0447. The Bertz CT molecular complexity index is 538. The number of methoxy groups -OCH3 is 2. The molecule has 0 saturated heterocycles. The zero-order valence-corrected chi connectivity index (χ0v) is 17.0. The lowest BCUT2D eigenvalue weighted by Crippen LogP contribution is -2.41. The number of aliphatic imine (C=N–C) groups is 1. The number of amides is 1. The summed E-state index contributed by atoms with van der Waals surface area (Å²) >= 11 is 0. The van der Waals surface area contributed by atoms with E-state index in [0.717, 1.165) is 23.6 Å². The Morgan fingerprint density at radius 1 is 1.12 bits per heavy atom. The van der Waals surface area contributed by atoms with Gasteiger partial charge in [0.15, 0.2) is 5.96 Å². The summed E-state index contributed by atoms with van der Waals surface area (Å²) in [5.74, 6) is 2.13. The van der Waals surface area contributed by atoms with Crippen molar-refractivity contribution in [2.45, 2.75) is 20.4 Å². The normalized spacial score (nSPS) is 10.4. The van der Waals surface area contributed by atoms with Crippen LogP contribution in [0.25, 0.3) is 0 Å². The molecule has 0 aromatic heterocycles. The summed E-state index contributed by atoms with van der Waals surface area (Å²) in [6, 6.07) is 5.65. The number of ether oxygens (including phenoxy) is 2. The van der Waals surface area contributed by atoms with Crippen LogP contribution in [0.3, 0.4) is 0 Å². The van der Waals surface area contributed by atoms with Gasteiger partial charge in [0, 0.05) is 38.2 Å². The van der Waals surface area contributed by atoms with Gasteiger partial charge in [-0.3, -0.25) is 4.79 Å². The molecule has 0 radical (unpaired) electrons. The number of halogens is 1. The molecule has 0 heterocycles. The lowest BCUT2D eigenvalue weighted by atomic mass is 10.2. The van der Waals surface area contributed by atoms with Crippen molar-refractivity contribution in [2.24, 2.45) is 4.99 Å². The molecule has 0 saturated carbocycles. The molecule has 0 spiro atoms. The number of nitrogens with zero attached hydrogens (tertiary/aromatic N) is 1. The highest BCUT2D eigenvalue weighted by Crippen LogP contribution is 2.24. The highest BCUT2D eigenvalue weighted by Gasteiger charge is 2.05. The first kappa shape index (κ1) is 22.3. The molecule has 0 atom stereocenters. The third-order valence-corrected chi connectivity index (χ3v) is 3.04. The van der Waals surface area contributed by atoms with Crippen LogP contribution in [-0.4, -0.2) is 45.7 Å². The number of benzene rings is 1. The Hall–Kier alpha value is -1.71. The zero-order valence-electron chi connectivity index (χ0n) is 14.6. The maximum absolute atomic E-state index is 10.8. The summed E-state index contributed by atoms with van der Waals surface area (Å²) in [7, 11) is 3.24. The van der Waals surface area contributed by atoms with Crippen LogP contribution in [0.1, 0.15) is 19.4 Å². The van der Waals surface area contributed by atoms with Crippen molar-refractivity contribution in [3.05, 3.63) is 23.8 Å². The molecule has 1 amide bonds. The Balaban J connectivity index is 0.00000529. The molecule has 0 fully saturated rings. The quantitative estimate of drug-likeness (QED) is 0.242. The van der Waals surface area contributed by atoms with E-state index in [1.165, 1.54) is 6.92 Å². The average molecular weight is 450 g/mol. The van der Waals surface area contributed by atoms with Gasteiger partial charge in [0.25, 0.3) is 0 Å². The van der Waals surface area contributed by atoms with E-state index in [1.54, 1.807) is 14.2 Å². The largest absolute Gasteiger partial charge is 0.497 e. The van der Waals surface area contributed by atoms with Crippen molar-refractivity contribution >= 4 is 35.8 Å². The second kappa shape index (κ2) is 12.7. The fourth-order valence-corrected chi connectivity index (χ4v) is 1.91. The van der Waals surface area contributed by atoms with Crippen LogP contribution in [0.15, 0.2) is 23.2 Å². The van der Waals surface area contributed by atoms with E-state index in [2.05, 4.69) is 20.9 Å². The van der Waals surface area contributed by atoms with Gasteiger partial charge in [-0.1, -0.05) is 0 Å². The standard InChI is InChI=1S/C16H26N4O3.HI/c1-5-17-16(19-9-8-18-12(2)21)20-11-13-6-7-14(22-3)10-15(13)23-4;/h6-7,10H,5,8-9,11H2,1-4H3,(H,18,21)(H2,17,19,20);1H. The predicted octanol–water partition coefficient (Wildman–Crippen LogP) is 1.51. The van der Waals surface area contributed by atoms with Crippen molar-refractivity contribution in [1.82, 2.24) is 16.0 Å². The molecule has 8 heteroatoms. The van der Waals surface area contributed by atoms with Gasteiger partial charge in [-0.2, -0.15) is 0 Å². The molecule has 1 rings (SSSR count). The molecular weight excluding hydrogens is 423 g/mol. The van der Waals surface area contributed by atoms with Gasteiger partial charge < -0.3 is 25.4 Å². The highest BCUT2D eigenvalue weighted by atomic mass is 127. The van der Waals surface area contributed by atoms with Crippen molar-refractivity contribution in [3.63, 3.8) is 0 Å². The molecule has 0 bridgehead atoms. The van der Waals surface area contributed by atoms with Crippen molar-refractivity contribution in [1.29, 1.82) is 0 Å². The number of hydrogen-bond donors (Lipinski definition) is 3. The third kappa shape index (κ3) is 8.23. The number of guanidine groups is 1. The van der Waals surface area contributed by atoms with Crippen LogP contribution in [0.4, 0.5) is 0 Å². The van der Waals surface area contributed by atoms with Gasteiger partial charge in [-0.05, 0) is 19.1 Å². The third-order valence-electron chi connectivity index (χ3n) is 3.04. The lowest BCUT2D eigenvalue weighted by molar-refractivity contribution is -0.118. The minimum absolute atomic E-state index is 0. The predicted molar refractivity (Wildman–Crippen MR) is 106 cm³/mol. The van der Waals surface area contributed by atoms with Crippen LogP contribution in [-0.2, 0) is 11.3 Å². The van der Waals surface area contributed by atoms with Crippen LogP contribution in [0.2, 0.25) is 0 Å². The molecule has 0 aliphatic rings. The van der Waals surface area contributed by atoms with Crippen molar-refractivity contribution in [2.75, 3.05) is 33.9 Å². The second-order valence-electron chi connectivity index (χ2n) is 4.78. The van der Waals surface area contributed by atoms with E-state index in [9.17, 15) is 4.79 Å². The minimum Gasteiger partial charge on any atom is -0.497 e. The van der Waals surface area contributed by atoms with E-state index < -0.39 is 0 Å². The number of hydrogen-bond acceptors (Lipinski definition) is 4. The number of rotatable bonds is 8. The number of carbonyl (C=O) groups is 1. The topological polar surface area (TPSA) is 84.0 Å². The number of carbonyl (C=O) groups excluding carboxylic acids is 1. The summed E-state index contributed by atoms with van der Waals surface area (Å²) < 4.78 is 10.6. The summed E-state index contributed by atoms with van der Waals surface area (Å²) in [6.45, 7) is 5.87. The highest BCUT2D eigenvalue weighted by molar-refractivity contribution is 14.0. The summed E-state index contributed by atoms with van der Waals surface area (Å²) in [5, 5.41) is 9.06. The van der Waals surface area contributed by atoms with Crippen LogP contribution in [0.5, 0.6) is 11.5 Å². The van der Waals surface area contributed by atoms with Gasteiger partial charge in [0.1, 0.15) is 11.5 Å². The molecule has 1 aromatic rings. The monoisotopic (exact) mass is 450 g/mol. The van der Waals surface area contributed by atoms with E-state index in [4.69, 9.17) is 9.47 Å². The molecule has 0 aliphatic carbocycles. The second-order valence-corrected chi connectivity index (χ2v) is 4.78. The zero-order chi connectivity index (χ0) is 17.1. The smallest absolute Gasteiger partial charge is 0.216 e. The molecular formula is C16H27IN4O3. The Morgan fingerprint density at radius 3 is 2.42 bits per heavy atom. The summed E-state index contributed by atoms with van der Waals surface area (Å²) in [6.07, 6.45) is 0. The van der Waals surface area contributed by atoms with Gasteiger partial charge in [0.2, 0.25) is 5.91 Å². The van der Waals surface area contributed by atoms with E-state index in [1.807, 2.05) is 25.1 Å². The molecule has 136 valence electrons. The van der Waals surface area contributed by atoms with E-state index in [0.29, 0.717) is 25.6 Å². The lowest BCUT2D eigenvalue weighted by Gasteiger charge is -2.13. The fourth-order valence-electron chi connectivity index (χ4n) is 1.91. The Labute approximate surface area is 160 Å². The maximum atomic E-state index is 10.8. The first-order chi connectivity index (χ1) is 11.1. The van der Waals surface area contributed by atoms with E-state index >= 15 is 0 Å². The molecule has 0 aliphatic heterocycles. The first-order valence-electron chi connectivity index (χ1n) is 7.58. The average Bonchev–Trinajstić information content (AvgIpc) is 2.55. The van der Waals surface area contributed by atoms with Crippen LogP contribution >= 0.6 is 24.0 Å². The molecule has 1 aromatic carbocycles. The van der Waals surface area contributed by atoms with Gasteiger partial charge in [0.05, 0.1) is 20.8 Å². The van der Waals surface area contributed by atoms with E-state index in [-0.39, 0.29) is 29.9 Å². The molecule has 3 N–H and O–H groups in total. The molecule has 0 unspecified atom stereocenters. The Morgan fingerprint density at radius 2 is 1.83 bits per heavy atom. The molecule has 24 heavy (non-hydrogen) atoms. The van der Waals surface area contributed by atoms with Crippen LogP contribution in [0, 0.1) is 0 Å². The van der Waals surface area contributed by atoms with Gasteiger partial charge in [-0.25, -0.2) is 4.99 Å². The maximum Gasteiger partial charge on any atom is 0.216 e. The van der Waals surface area contributed by atoms with Gasteiger partial charge >= 0.3 is 0 Å². The molecule has 7 nitrogen and oxygen atoms in total. The first-order valence-corrected chi connectivity index (χ1v) is 7.58. The number of nitrogens with one attached hydrogen (secondary N) is 3. The van der Waals surface area contributed by atoms with Crippen molar-refractivity contribution in [3.8, 4) is 11.5 Å². The fraction of sp³-hybridized carbons (Fsp3) is 0.500. The Kier molecular flexibility index (Phi) is 11.8. The summed E-state index contributed by atoms with van der Waals surface area (Å²) in [4.78, 5) is 15.4.